The van der Waals surface area contributed by atoms with E-state index in [1.165, 1.54) is 18.3 Å². The Morgan fingerprint density at radius 1 is 1.12 bits per heavy atom. The summed E-state index contributed by atoms with van der Waals surface area (Å²) >= 11 is 0. The number of nitrogens with zero attached hydrogens (tertiary/aromatic N) is 1. The molecule has 4 nitrogen and oxygen atoms in total. The van der Waals surface area contributed by atoms with Crippen molar-refractivity contribution in [2.45, 2.75) is 19.0 Å². The molecule has 1 aromatic carbocycles. The molecule has 25 heavy (non-hydrogen) atoms. The molecule has 0 bridgehead atoms. The second kappa shape index (κ2) is 5.61. The molecular formula is C18H14F3N3O. The number of anilines is 1. The fourth-order valence-corrected chi connectivity index (χ4v) is 2.84. The van der Waals surface area contributed by atoms with E-state index >= 15 is 0 Å². The highest BCUT2D eigenvalue weighted by atomic mass is 19.4. The Labute approximate surface area is 141 Å². The highest BCUT2D eigenvalue weighted by molar-refractivity contribution is 5.97. The number of amides is 1. The molecule has 1 saturated carbocycles. The Morgan fingerprint density at radius 2 is 1.88 bits per heavy atom. The first kappa shape index (κ1) is 15.7. The van der Waals surface area contributed by atoms with E-state index < -0.39 is 11.7 Å². The molecule has 0 spiro atoms. The highest BCUT2D eigenvalue weighted by Gasteiger charge is 2.34. The minimum atomic E-state index is -4.44. The minimum Gasteiger partial charge on any atom is -0.345 e. The largest absolute Gasteiger partial charge is 0.417 e. The van der Waals surface area contributed by atoms with E-state index in [0.29, 0.717) is 22.4 Å². The number of hydrogen-bond donors (Lipinski definition) is 2. The first-order chi connectivity index (χ1) is 11.9. The smallest absolute Gasteiger partial charge is 0.345 e. The van der Waals surface area contributed by atoms with E-state index in [1.54, 1.807) is 18.2 Å². The van der Waals surface area contributed by atoms with Gasteiger partial charge in [-0.25, -0.2) is 4.98 Å². The fourth-order valence-electron chi connectivity index (χ4n) is 2.84. The van der Waals surface area contributed by atoms with Crippen LogP contribution in [0, 0.1) is 5.92 Å². The van der Waals surface area contributed by atoms with Gasteiger partial charge in [0.2, 0.25) is 5.91 Å². The van der Waals surface area contributed by atoms with Gasteiger partial charge in [0.15, 0.2) is 0 Å². The van der Waals surface area contributed by atoms with E-state index in [0.717, 1.165) is 18.9 Å². The van der Waals surface area contributed by atoms with Gasteiger partial charge in [-0.15, -0.1) is 0 Å². The van der Waals surface area contributed by atoms with Gasteiger partial charge in [0.25, 0.3) is 0 Å². The zero-order chi connectivity index (χ0) is 17.6. The van der Waals surface area contributed by atoms with Crippen LogP contribution in [-0.4, -0.2) is 15.9 Å². The Morgan fingerprint density at radius 3 is 2.60 bits per heavy atom. The Bertz CT molecular complexity index is 958. The van der Waals surface area contributed by atoms with Crippen LogP contribution in [0.15, 0.2) is 42.6 Å². The first-order valence-corrected chi connectivity index (χ1v) is 7.89. The van der Waals surface area contributed by atoms with Gasteiger partial charge in [0, 0.05) is 23.1 Å². The zero-order valence-corrected chi connectivity index (χ0v) is 13.0. The molecule has 0 atom stereocenters. The molecule has 128 valence electrons. The van der Waals surface area contributed by atoms with Gasteiger partial charge in [0.05, 0.1) is 5.56 Å². The van der Waals surface area contributed by atoms with Crippen LogP contribution in [0.5, 0.6) is 0 Å². The predicted molar refractivity (Wildman–Crippen MR) is 87.9 cm³/mol. The first-order valence-electron chi connectivity index (χ1n) is 7.89. The van der Waals surface area contributed by atoms with Gasteiger partial charge in [-0.05, 0) is 36.6 Å². The lowest BCUT2D eigenvalue weighted by Gasteiger charge is -2.12. The molecule has 2 heterocycles. The summed E-state index contributed by atoms with van der Waals surface area (Å²) in [6.45, 7) is 0. The number of alkyl halides is 3. The average molecular weight is 345 g/mol. The quantitative estimate of drug-likeness (QED) is 0.729. The van der Waals surface area contributed by atoms with Gasteiger partial charge in [-0.1, -0.05) is 18.2 Å². The molecule has 2 aromatic heterocycles. The van der Waals surface area contributed by atoms with E-state index in [-0.39, 0.29) is 17.4 Å². The van der Waals surface area contributed by atoms with Crippen LogP contribution in [-0.2, 0) is 11.0 Å². The molecule has 0 aliphatic heterocycles. The zero-order valence-electron chi connectivity index (χ0n) is 13.0. The van der Waals surface area contributed by atoms with Gasteiger partial charge in [-0.2, -0.15) is 13.2 Å². The van der Waals surface area contributed by atoms with Crippen LogP contribution >= 0.6 is 0 Å². The summed E-state index contributed by atoms with van der Waals surface area (Å²) in [4.78, 5) is 19.0. The van der Waals surface area contributed by atoms with Crippen LogP contribution in [0.2, 0.25) is 0 Å². The number of pyridine rings is 1. The van der Waals surface area contributed by atoms with Crippen molar-refractivity contribution in [3.63, 3.8) is 0 Å². The summed E-state index contributed by atoms with van der Waals surface area (Å²) in [5, 5.41) is 3.30. The predicted octanol–water partition coefficient (Wildman–Crippen LogP) is 4.60. The number of carbonyl (C=O) groups excluding carboxylic acids is 1. The molecule has 1 aliphatic carbocycles. The summed E-state index contributed by atoms with van der Waals surface area (Å²) in [7, 11) is 0. The van der Waals surface area contributed by atoms with Crippen molar-refractivity contribution in [1.82, 2.24) is 9.97 Å². The minimum absolute atomic E-state index is 0.0513. The average Bonchev–Trinajstić information content (AvgIpc) is 3.34. The molecule has 1 aliphatic rings. The molecule has 2 N–H and O–H groups in total. The number of carbonyl (C=O) groups is 1. The Balaban J connectivity index is 1.74. The topological polar surface area (TPSA) is 57.8 Å². The molecular weight excluding hydrogens is 331 g/mol. The summed E-state index contributed by atoms with van der Waals surface area (Å²) in [5.41, 5.74) is 0.260. The van der Waals surface area contributed by atoms with E-state index in [2.05, 4.69) is 15.3 Å². The highest BCUT2D eigenvalue weighted by Crippen LogP contribution is 2.39. The summed E-state index contributed by atoms with van der Waals surface area (Å²) in [6.07, 6.45) is -1.16. The molecule has 0 saturated heterocycles. The SMILES string of the molecule is O=C(Nc1ccc2c(-c3ccccc3C(F)(F)F)c[nH]c2n1)C1CC1. The summed E-state index contributed by atoms with van der Waals surface area (Å²) in [6, 6.07) is 8.71. The number of aromatic amines is 1. The van der Waals surface area contributed by atoms with Crippen molar-refractivity contribution in [2.24, 2.45) is 5.92 Å². The Kier molecular flexibility index (Phi) is 3.52. The van der Waals surface area contributed by atoms with Crippen molar-refractivity contribution >= 4 is 22.8 Å². The third-order valence-electron chi connectivity index (χ3n) is 4.26. The lowest BCUT2D eigenvalue weighted by atomic mass is 9.99. The molecule has 0 unspecified atom stereocenters. The maximum Gasteiger partial charge on any atom is 0.417 e. The maximum absolute atomic E-state index is 13.3. The number of nitrogens with one attached hydrogen (secondary N) is 2. The molecule has 7 heteroatoms. The number of rotatable bonds is 3. The van der Waals surface area contributed by atoms with E-state index in [1.807, 2.05) is 0 Å². The van der Waals surface area contributed by atoms with Crippen molar-refractivity contribution in [2.75, 3.05) is 5.32 Å². The van der Waals surface area contributed by atoms with Crippen LogP contribution in [0.3, 0.4) is 0 Å². The van der Waals surface area contributed by atoms with Gasteiger partial charge in [-0.3, -0.25) is 4.79 Å². The van der Waals surface area contributed by atoms with Crippen LogP contribution in [0.4, 0.5) is 19.0 Å². The number of H-pyrrole nitrogens is 1. The molecule has 1 fully saturated rings. The van der Waals surface area contributed by atoms with Crippen LogP contribution < -0.4 is 5.32 Å². The summed E-state index contributed by atoms with van der Waals surface area (Å²) < 4.78 is 39.8. The summed E-state index contributed by atoms with van der Waals surface area (Å²) in [5.74, 6) is 0.373. The van der Waals surface area contributed by atoms with Crippen molar-refractivity contribution in [1.29, 1.82) is 0 Å². The van der Waals surface area contributed by atoms with Crippen molar-refractivity contribution < 1.29 is 18.0 Å². The molecule has 0 radical (unpaired) electrons. The second-order valence-electron chi connectivity index (χ2n) is 6.10. The molecule has 4 rings (SSSR count). The number of benzene rings is 1. The van der Waals surface area contributed by atoms with E-state index in [9.17, 15) is 18.0 Å². The second-order valence-corrected chi connectivity index (χ2v) is 6.10. The van der Waals surface area contributed by atoms with Gasteiger partial charge < -0.3 is 10.3 Å². The maximum atomic E-state index is 13.3. The lowest BCUT2D eigenvalue weighted by Crippen LogP contribution is -2.14. The van der Waals surface area contributed by atoms with Crippen LogP contribution in [0.1, 0.15) is 18.4 Å². The number of halogens is 3. The standard InChI is InChI=1S/C18H14F3N3O/c19-18(20,21)14-4-2-1-3-11(14)13-9-22-16-12(13)7-8-15(23-16)24-17(25)10-5-6-10/h1-4,7-10H,5-6H2,(H2,22,23,24,25). The lowest BCUT2D eigenvalue weighted by molar-refractivity contribution is -0.137. The molecule has 3 aromatic rings. The van der Waals surface area contributed by atoms with Crippen LogP contribution in [0.25, 0.3) is 22.2 Å². The number of hydrogen-bond acceptors (Lipinski definition) is 2. The number of aromatic nitrogens is 2. The fraction of sp³-hybridized carbons (Fsp3) is 0.222. The molecule has 1 amide bonds. The number of fused-ring (bicyclic) bond motifs is 1. The van der Waals surface area contributed by atoms with E-state index in [4.69, 9.17) is 0 Å². The normalized spacial score (nSPS) is 14.7. The third kappa shape index (κ3) is 2.97. The Hall–Kier alpha value is -2.83. The van der Waals surface area contributed by atoms with Crippen molar-refractivity contribution in [3.05, 3.63) is 48.2 Å². The third-order valence-corrected chi connectivity index (χ3v) is 4.26. The van der Waals surface area contributed by atoms with Gasteiger partial charge >= 0.3 is 6.18 Å². The monoisotopic (exact) mass is 345 g/mol. The van der Waals surface area contributed by atoms with Crippen molar-refractivity contribution in [3.8, 4) is 11.1 Å². The van der Waals surface area contributed by atoms with Gasteiger partial charge in [0.1, 0.15) is 11.5 Å².